The summed E-state index contributed by atoms with van der Waals surface area (Å²) in [6, 6.07) is 7.21. The van der Waals surface area contributed by atoms with Gasteiger partial charge in [-0.15, -0.1) is 5.10 Å². The molecule has 0 aliphatic heterocycles. The smallest absolute Gasteiger partial charge is 0.156 e. The second-order valence-electron chi connectivity index (χ2n) is 4.52. The number of benzene rings is 1. The lowest BCUT2D eigenvalue weighted by molar-refractivity contribution is 0.0786. The molecule has 0 spiro atoms. The third-order valence-corrected chi connectivity index (χ3v) is 2.69. The van der Waals surface area contributed by atoms with Crippen molar-refractivity contribution in [3.63, 3.8) is 0 Å². The number of hydrogen-bond donors (Lipinski definition) is 3. The molecular formula is C12H15N5O. The number of rotatable bonds is 3. The zero-order chi connectivity index (χ0) is 13.3. The van der Waals surface area contributed by atoms with Crippen LogP contribution in [0.4, 0.5) is 5.82 Å². The molecule has 2 aromatic rings. The van der Waals surface area contributed by atoms with Crippen LogP contribution in [0, 0.1) is 5.41 Å². The average Bonchev–Trinajstić information content (AvgIpc) is 2.69. The van der Waals surface area contributed by atoms with E-state index in [0.717, 1.165) is 17.5 Å². The number of anilines is 1. The normalized spacial score (nSPS) is 11.5. The number of nitrogen functional groups attached to an aromatic ring is 1. The highest BCUT2D eigenvalue weighted by Crippen LogP contribution is 2.21. The van der Waals surface area contributed by atoms with Crippen LogP contribution in [-0.4, -0.2) is 26.3 Å². The van der Waals surface area contributed by atoms with Gasteiger partial charge in [-0.25, -0.2) is 0 Å². The Balaban J connectivity index is 2.40. The van der Waals surface area contributed by atoms with E-state index in [1.54, 1.807) is 38.1 Å². The molecule has 0 aliphatic carbocycles. The first-order valence-corrected chi connectivity index (χ1v) is 5.48. The summed E-state index contributed by atoms with van der Waals surface area (Å²) >= 11 is 0. The van der Waals surface area contributed by atoms with Gasteiger partial charge in [-0.3, -0.25) is 0 Å². The molecule has 1 aromatic heterocycles. The van der Waals surface area contributed by atoms with Crippen LogP contribution in [-0.2, 0) is 5.60 Å². The molecule has 2 rings (SSSR count). The lowest BCUT2D eigenvalue weighted by atomic mass is 9.98. The van der Waals surface area contributed by atoms with Crippen molar-refractivity contribution in [2.24, 2.45) is 0 Å². The van der Waals surface area contributed by atoms with Crippen molar-refractivity contribution >= 4 is 12.0 Å². The fourth-order valence-electron chi connectivity index (χ4n) is 1.60. The van der Waals surface area contributed by atoms with Gasteiger partial charge in [0.2, 0.25) is 0 Å². The minimum atomic E-state index is -0.882. The molecule has 0 amide bonds. The monoisotopic (exact) mass is 245 g/mol. The van der Waals surface area contributed by atoms with Crippen molar-refractivity contribution in [2.75, 3.05) is 5.73 Å². The lowest BCUT2D eigenvalue weighted by Gasteiger charge is -2.17. The van der Waals surface area contributed by atoms with E-state index >= 15 is 0 Å². The molecule has 18 heavy (non-hydrogen) atoms. The summed E-state index contributed by atoms with van der Waals surface area (Å²) in [5.74, 6) is 0.320. The van der Waals surface area contributed by atoms with Gasteiger partial charge in [0.25, 0.3) is 0 Å². The predicted octanol–water partition coefficient (Wildman–Crippen LogP) is 1.07. The van der Waals surface area contributed by atoms with Gasteiger partial charge in [0.1, 0.15) is 5.69 Å². The van der Waals surface area contributed by atoms with Crippen LogP contribution in [0.5, 0.6) is 0 Å². The van der Waals surface area contributed by atoms with Gasteiger partial charge >= 0.3 is 0 Å². The highest BCUT2D eigenvalue weighted by Gasteiger charge is 2.16. The van der Waals surface area contributed by atoms with Crippen LogP contribution < -0.4 is 5.73 Å². The summed E-state index contributed by atoms with van der Waals surface area (Å²) in [6.07, 6.45) is 1.06. The molecule has 94 valence electrons. The van der Waals surface area contributed by atoms with Gasteiger partial charge < -0.3 is 16.2 Å². The lowest BCUT2D eigenvalue weighted by Crippen LogP contribution is -2.15. The molecule has 0 radical (unpaired) electrons. The molecule has 4 N–H and O–H groups in total. The van der Waals surface area contributed by atoms with E-state index in [4.69, 9.17) is 11.1 Å². The molecule has 0 saturated carbocycles. The molecular weight excluding hydrogens is 230 g/mol. The third-order valence-electron chi connectivity index (χ3n) is 2.69. The van der Waals surface area contributed by atoms with Gasteiger partial charge in [-0.1, -0.05) is 17.3 Å². The highest BCUT2D eigenvalue weighted by atomic mass is 16.3. The second kappa shape index (κ2) is 4.23. The van der Waals surface area contributed by atoms with Gasteiger partial charge in [0.05, 0.1) is 11.3 Å². The summed E-state index contributed by atoms with van der Waals surface area (Å²) in [6.45, 7) is 3.44. The van der Waals surface area contributed by atoms with Crippen LogP contribution in [0.15, 0.2) is 24.3 Å². The van der Waals surface area contributed by atoms with E-state index in [0.29, 0.717) is 11.5 Å². The van der Waals surface area contributed by atoms with Crippen LogP contribution in [0.3, 0.4) is 0 Å². The SMILES string of the molecule is CC(C)(O)c1ccc(-n2nnc(C=N)c2N)cc1. The molecule has 0 unspecified atom stereocenters. The zero-order valence-electron chi connectivity index (χ0n) is 10.3. The molecule has 0 bridgehead atoms. The van der Waals surface area contributed by atoms with Crippen molar-refractivity contribution < 1.29 is 5.11 Å². The van der Waals surface area contributed by atoms with Crippen molar-refractivity contribution in [1.29, 1.82) is 5.41 Å². The zero-order valence-corrected chi connectivity index (χ0v) is 10.3. The van der Waals surface area contributed by atoms with Gasteiger partial charge in [0.15, 0.2) is 5.82 Å². The molecule has 0 fully saturated rings. The summed E-state index contributed by atoms with van der Waals surface area (Å²) in [5.41, 5.74) is 6.80. The average molecular weight is 245 g/mol. The Labute approximate surface area is 105 Å². The molecule has 6 nitrogen and oxygen atoms in total. The molecule has 0 saturated heterocycles. The molecule has 0 atom stereocenters. The van der Waals surface area contributed by atoms with E-state index in [1.807, 2.05) is 0 Å². The number of aliphatic hydroxyl groups is 1. The fraction of sp³-hybridized carbons (Fsp3) is 0.250. The van der Waals surface area contributed by atoms with Crippen molar-refractivity contribution in [2.45, 2.75) is 19.4 Å². The largest absolute Gasteiger partial charge is 0.386 e. The first-order chi connectivity index (χ1) is 8.43. The standard InChI is InChI=1S/C12H15N5O/c1-12(2,18)8-3-5-9(6-4-8)17-11(14)10(7-13)15-16-17/h3-7,13,18H,14H2,1-2H3. The Bertz CT molecular complexity index is 565. The Kier molecular flexibility index (Phi) is 2.88. The van der Waals surface area contributed by atoms with Gasteiger partial charge in [-0.05, 0) is 31.5 Å². The van der Waals surface area contributed by atoms with Gasteiger partial charge in [-0.2, -0.15) is 4.68 Å². The quantitative estimate of drug-likeness (QED) is 0.704. The molecule has 1 aromatic carbocycles. The van der Waals surface area contributed by atoms with Crippen molar-refractivity contribution in [3.05, 3.63) is 35.5 Å². The Morgan fingerprint density at radius 3 is 2.39 bits per heavy atom. The predicted molar refractivity (Wildman–Crippen MR) is 68.9 cm³/mol. The Morgan fingerprint density at radius 2 is 1.94 bits per heavy atom. The number of nitrogens with two attached hydrogens (primary N) is 1. The molecule has 1 heterocycles. The van der Waals surface area contributed by atoms with Crippen molar-refractivity contribution in [1.82, 2.24) is 15.0 Å². The second-order valence-corrected chi connectivity index (χ2v) is 4.52. The summed E-state index contributed by atoms with van der Waals surface area (Å²) in [5, 5.41) is 24.6. The molecule has 0 aliphatic rings. The number of nitrogens with zero attached hydrogens (tertiary/aromatic N) is 3. The Hall–Kier alpha value is -2.21. The van der Waals surface area contributed by atoms with E-state index in [1.165, 1.54) is 4.68 Å². The minimum absolute atomic E-state index is 0.320. The summed E-state index contributed by atoms with van der Waals surface area (Å²) in [4.78, 5) is 0. The maximum Gasteiger partial charge on any atom is 0.156 e. The minimum Gasteiger partial charge on any atom is -0.386 e. The van der Waals surface area contributed by atoms with Crippen LogP contribution in [0.1, 0.15) is 25.1 Å². The summed E-state index contributed by atoms with van der Waals surface area (Å²) < 4.78 is 1.45. The van der Waals surface area contributed by atoms with Crippen LogP contribution in [0.2, 0.25) is 0 Å². The number of aromatic nitrogens is 3. The number of nitrogens with one attached hydrogen (secondary N) is 1. The maximum absolute atomic E-state index is 9.86. The first-order valence-electron chi connectivity index (χ1n) is 5.48. The maximum atomic E-state index is 9.86. The number of hydrogen-bond acceptors (Lipinski definition) is 5. The van der Waals surface area contributed by atoms with Crippen LogP contribution in [0.25, 0.3) is 5.69 Å². The van der Waals surface area contributed by atoms with E-state index in [2.05, 4.69) is 10.3 Å². The van der Waals surface area contributed by atoms with E-state index in [-0.39, 0.29) is 0 Å². The fourth-order valence-corrected chi connectivity index (χ4v) is 1.60. The topological polar surface area (TPSA) is 101 Å². The third kappa shape index (κ3) is 2.10. The summed E-state index contributed by atoms with van der Waals surface area (Å²) in [7, 11) is 0. The van der Waals surface area contributed by atoms with Gasteiger partial charge in [0, 0.05) is 6.21 Å². The first kappa shape index (κ1) is 12.3. The Morgan fingerprint density at radius 1 is 1.33 bits per heavy atom. The van der Waals surface area contributed by atoms with E-state index in [9.17, 15) is 5.11 Å². The van der Waals surface area contributed by atoms with Crippen molar-refractivity contribution in [3.8, 4) is 5.69 Å². The highest BCUT2D eigenvalue weighted by molar-refractivity contribution is 5.80. The van der Waals surface area contributed by atoms with Crippen LogP contribution >= 0.6 is 0 Å². The van der Waals surface area contributed by atoms with E-state index < -0.39 is 5.60 Å². The molecule has 6 heteroatoms.